The molecule has 4 heteroatoms. The van der Waals surface area contributed by atoms with E-state index in [0.717, 1.165) is 43.1 Å². The molecule has 2 unspecified atom stereocenters. The van der Waals surface area contributed by atoms with E-state index in [1.54, 1.807) is 14.2 Å². The standard InChI is InChI=1S/C21H28N2O2/c1-4-15-5-7-16(8-6-15)17-9-18(22)14-23(13-17)19-10-20(24-2)12-21(11-19)25-3/h5-8,10-12,17-18H,4,9,13-14,22H2,1-3H3. The third-order valence-electron chi connectivity index (χ3n) is 5.04. The monoisotopic (exact) mass is 340 g/mol. The molecule has 1 saturated heterocycles. The molecular weight excluding hydrogens is 312 g/mol. The summed E-state index contributed by atoms with van der Waals surface area (Å²) in [6.45, 7) is 3.98. The molecule has 25 heavy (non-hydrogen) atoms. The van der Waals surface area contributed by atoms with Crippen LogP contribution in [0.1, 0.15) is 30.4 Å². The van der Waals surface area contributed by atoms with Gasteiger partial charge >= 0.3 is 0 Å². The Hall–Kier alpha value is -2.20. The fourth-order valence-corrected chi connectivity index (χ4v) is 3.59. The smallest absolute Gasteiger partial charge is 0.124 e. The van der Waals surface area contributed by atoms with Gasteiger partial charge in [0.05, 0.1) is 14.2 Å². The molecule has 2 aromatic rings. The Bertz CT molecular complexity index is 677. The zero-order chi connectivity index (χ0) is 17.8. The highest BCUT2D eigenvalue weighted by Gasteiger charge is 2.27. The molecule has 2 atom stereocenters. The van der Waals surface area contributed by atoms with E-state index in [9.17, 15) is 0 Å². The summed E-state index contributed by atoms with van der Waals surface area (Å²) in [6.07, 6.45) is 2.09. The van der Waals surface area contributed by atoms with Gasteiger partial charge in [-0.15, -0.1) is 0 Å². The maximum Gasteiger partial charge on any atom is 0.124 e. The van der Waals surface area contributed by atoms with Crippen LogP contribution in [0.4, 0.5) is 5.69 Å². The molecule has 0 spiro atoms. The van der Waals surface area contributed by atoms with Crippen molar-refractivity contribution in [1.82, 2.24) is 0 Å². The molecule has 134 valence electrons. The molecule has 1 fully saturated rings. The summed E-state index contributed by atoms with van der Waals surface area (Å²) in [5, 5.41) is 0. The number of nitrogens with zero attached hydrogens (tertiary/aromatic N) is 1. The lowest BCUT2D eigenvalue weighted by molar-refractivity contribution is 0.393. The predicted octanol–water partition coefficient (Wildman–Crippen LogP) is 3.59. The maximum absolute atomic E-state index is 6.38. The van der Waals surface area contributed by atoms with Crippen molar-refractivity contribution < 1.29 is 9.47 Å². The first-order valence-corrected chi connectivity index (χ1v) is 8.95. The number of hydrogen-bond acceptors (Lipinski definition) is 4. The molecule has 4 nitrogen and oxygen atoms in total. The average Bonchev–Trinajstić information content (AvgIpc) is 2.67. The van der Waals surface area contributed by atoms with Crippen LogP contribution in [0.3, 0.4) is 0 Å². The Labute approximate surface area is 150 Å². The highest BCUT2D eigenvalue weighted by atomic mass is 16.5. The molecule has 0 radical (unpaired) electrons. The first-order chi connectivity index (χ1) is 12.1. The number of anilines is 1. The third-order valence-corrected chi connectivity index (χ3v) is 5.04. The van der Waals surface area contributed by atoms with Gasteiger partial charge in [-0.1, -0.05) is 31.2 Å². The summed E-state index contributed by atoms with van der Waals surface area (Å²) >= 11 is 0. The second kappa shape index (κ2) is 7.79. The number of ether oxygens (including phenoxy) is 2. The molecule has 2 aromatic carbocycles. The second-order valence-electron chi connectivity index (χ2n) is 6.76. The number of aryl methyl sites for hydroxylation is 1. The van der Waals surface area contributed by atoms with Crippen LogP contribution in [0.5, 0.6) is 11.5 Å². The van der Waals surface area contributed by atoms with Gasteiger partial charge in [-0.25, -0.2) is 0 Å². The van der Waals surface area contributed by atoms with Gasteiger partial charge in [0, 0.05) is 48.9 Å². The number of nitrogens with two attached hydrogens (primary N) is 1. The van der Waals surface area contributed by atoms with Gasteiger partial charge in [-0.2, -0.15) is 0 Å². The van der Waals surface area contributed by atoms with Crippen LogP contribution in [-0.4, -0.2) is 33.4 Å². The molecule has 0 amide bonds. The average molecular weight is 340 g/mol. The summed E-state index contributed by atoms with van der Waals surface area (Å²) < 4.78 is 10.8. The Morgan fingerprint density at radius 1 is 1.00 bits per heavy atom. The first kappa shape index (κ1) is 17.6. The third kappa shape index (κ3) is 4.07. The van der Waals surface area contributed by atoms with Crippen LogP contribution >= 0.6 is 0 Å². The zero-order valence-corrected chi connectivity index (χ0v) is 15.4. The molecule has 1 heterocycles. The largest absolute Gasteiger partial charge is 0.497 e. The number of rotatable bonds is 5. The molecule has 0 aliphatic carbocycles. The molecule has 0 saturated carbocycles. The Morgan fingerprint density at radius 2 is 1.64 bits per heavy atom. The van der Waals surface area contributed by atoms with Crippen LogP contribution in [-0.2, 0) is 6.42 Å². The van der Waals surface area contributed by atoms with E-state index in [-0.39, 0.29) is 6.04 Å². The van der Waals surface area contributed by atoms with Crippen LogP contribution in [0.2, 0.25) is 0 Å². The van der Waals surface area contributed by atoms with Gasteiger partial charge < -0.3 is 20.1 Å². The van der Waals surface area contributed by atoms with E-state index >= 15 is 0 Å². The fourth-order valence-electron chi connectivity index (χ4n) is 3.59. The SMILES string of the molecule is CCc1ccc(C2CC(N)CN(c3cc(OC)cc(OC)c3)C2)cc1. The molecule has 0 aromatic heterocycles. The maximum atomic E-state index is 6.38. The Balaban J connectivity index is 1.84. The lowest BCUT2D eigenvalue weighted by atomic mass is 9.87. The minimum atomic E-state index is 0.154. The lowest BCUT2D eigenvalue weighted by Gasteiger charge is -2.38. The number of hydrogen-bond donors (Lipinski definition) is 1. The van der Waals surface area contributed by atoms with E-state index in [4.69, 9.17) is 15.2 Å². The first-order valence-electron chi connectivity index (χ1n) is 8.95. The van der Waals surface area contributed by atoms with Gasteiger partial charge in [-0.05, 0) is 24.0 Å². The summed E-state index contributed by atoms with van der Waals surface area (Å²) in [5.74, 6) is 2.04. The minimum Gasteiger partial charge on any atom is -0.497 e. The van der Waals surface area contributed by atoms with Crippen molar-refractivity contribution in [1.29, 1.82) is 0 Å². The van der Waals surface area contributed by atoms with E-state index in [0.29, 0.717) is 5.92 Å². The molecule has 1 aliphatic rings. The highest BCUT2D eigenvalue weighted by Crippen LogP contribution is 2.34. The van der Waals surface area contributed by atoms with E-state index in [1.807, 2.05) is 6.07 Å². The summed E-state index contributed by atoms with van der Waals surface area (Å²) in [6, 6.07) is 15.1. The van der Waals surface area contributed by atoms with Gasteiger partial charge in [0.2, 0.25) is 0 Å². The van der Waals surface area contributed by atoms with Crippen molar-refractivity contribution >= 4 is 5.69 Å². The summed E-state index contributed by atoms with van der Waals surface area (Å²) in [7, 11) is 3.36. The normalized spacial score (nSPS) is 20.4. The van der Waals surface area contributed by atoms with Crippen LogP contribution in [0, 0.1) is 0 Å². The van der Waals surface area contributed by atoms with Crippen molar-refractivity contribution in [2.75, 3.05) is 32.2 Å². The molecule has 2 N–H and O–H groups in total. The van der Waals surface area contributed by atoms with Crippen LogP contribution in [0.15, 0.2) is 42.5 Å². The van der Waals surface area contributed by atoms with Crippen molar-refractivity contribution in [2.45, 2.75) is 31.7 Å². The molecule has 1 aliphatic heterocycles. The number of methoxy groups -OCH3 is 2. The van der Waals surface area contributed by atoms with Crippen LogP contribution in [0.25, 0.3) is 0 Å². The topological polar surface area (TPSA) is 47.7 Å². The lowest BCUT2D eigenvalue weighted by Crippen LogP contribution is -2.46. The van der Waals surface area contributed by atoms with Crippen molar-refractivity contribution in [3.63, 3.8) is 0 Å². The van der Waals surface area contributed by atoms with Gasteiger partial charge in [0.25, 0.3) is 0 Å². The Morgan fingerprint density at radius 3 is 2.20 bits per heavy atom. The predicted molar refractivity (Wildman–Crippen MR) is 103 cm³/mol. The zero-order valence-electron chi connectivity index (χ0n) is 15.4. The van der Waals surface area contributed by atoms with Gasteiger partial charge in [-0.3, -0.25) is 0 Å². The molecular formula is C21H28N2O2. The van der Waals surface area contributed by atoms with Crippen molar-refractivity contribution in [3.05, 3.63) is 53.6 Å². The minimum absolute atomic E-state index is 0.154. The quantitative estimate of drug-likeness (QED) is 0.904. The highest BCUT2D eigenvalue weighted by molar-refractivity contribution is 5.56. The van der Waals surface area contributed by atoms with Crippen molar-refractivity contribution in [3.8, 4) is 11.5 Å². The van der Waals surface area contributed by atoms with Gasteiger partial charge in [0.1, 0.15) is 11.5 Å². The Kier molecular flexibility index (Phi) is 5.49. The summed E-state index contributed by atoms with van der Waals surface area (Å²) in [4.78, 5) is 2.34. The van der Waals surface area contributed by atoms with E-state index < -0.39 is 0 Å². The fraction of sp³-hybridized carbons (Fsp3) is 0.429. The summed E-state index contributed by atoms with van der Waals surface area (Å²) in [5.41, 5.74) is 10.2. The molecule has 3 rings (SSSR count). The van der Waals surface area contributed by atoms with Gasteiger partial charge in [0.15, 0.2) is 0 Å². The van der Waals surface area contributed by atoms with E-state index in [1.165, 1.54) is 11.1 Å². The van der Waals surface area contributed by atoms with E-state index in [2.05, 4.69) is 48.2 Å². The van der Waals surface area contributed by atoms with Crippen LogP contribution < -0.4 is 20.1 Å². The molecule has 0 bridgehead atoms. The number of piperidine rings is 1. The van der Waals surface area contributed by atoms with Crippen molar-refractivity contribution in [2.24, 2.45) is 5.73 Å². The second-order valence-corrected chi connectivity index (χ2v) is 6.76. The number of benzene rings is 2.